The molecule has 1 aliphatic carbocycles. The maximum absolute atomic E-state index is 15.0. The number of nitrogens with zero attached hydrogens (tertiary/aromatic N) is 5. The second-order valence-corrected chi connectivity index (χ2v) is 9.88. The van der Waals surface area contributed by atoms with Gasteiger partial charge in [0, 0.05) is 48.8 Å². The number of nitrogens with one attached hydrogen (secondary N) is 1. The number of hydrogen-bond acceptors (Lipinski definition) is 6. The lowest BCUT2D eigenvalue weighted by Gasteiger charge is -2.24. The summed E-state index contributed by atoms with van der Waals surface area (Å²) in [7, 11) is 5.97. The lowest BCUT2D eigenvalue weighted by atomic mass is 10.1. The highest BCUT2D eigenvalue weighted by Crippen LogP contribution is 2.42. The van der Waals surface area contributed by atoms with Gasteiger partial charge in [-0.25, -0.2) is 18.7 Å². The van der Waals surface area contributed by atoms with E-state index >= 15 is 0 Å². The third-order valence-corrected chi connectivity index (χ3v) is 6.70. The van der Waals surface area contributed by atoms with E-state index in [1.165, 1.54) is 12.1 Å². The van der Waals surface area contributed by atoms with Crippen LogP contribution >= 0.6 is 11.6 Å². The Balaban J connectivity index is 1.47. The van der Waals surface area contributed by atoms with Crippen molar-refractivity contribution in [3.63, 3.8) is 0 Å². The number of hydrogen-bond donors (Lipinski definition) is 2. The van der Waals surface area contributed by atoms with Crippen LogP contribution in [0.15, 0.2) is 42.7 Å². The van der Waals surface area contributed by atoms with Crippen molar-refractivity contribution in [3.05, 3.63) is 59.4 Å². The molecule has 0 atom stereocenters. The Labute approximate surface area is 213 Å². The van der Waals surface area contributed by atoms with Crippen LogP contribution in [0.2, 0.25) is 5.02 Å². The summed E-state index contributed by atoms with van der Waals surface area (Å²) in [6.07, 6.45) is 5.03. The standard InChI is InChI=1S/C26H28ClF2N7/c1-34(2)8-9-35(3)24-11-19(27)22(12-21(24)30)32-26-31-13-20(29)25(33-26)18-14-36(16-5-6-16)23-7-4-15(28)10-17(18)23/h4,7,10-14,16H,5-6,8-9,30H2,1-3H3,(H,31,32,33). The van der Waals surface area contributed by atoms with Crippen LogP contribution in [0, 0.1) is 11.6 Å². The Morgan fingerprint density at radius 2 is 1.92 bits per heavy atom. The molecule has 5 rings (SSSR count). The molecule has 36 heavy (non-hydrogen) atoms. The van der Waals surface area contributed by atoms with Crippen molar-refractivity contribution < 1.29 is 8.78 Å². The second-order valence-electron chi connectivity index (χ2n) is 9.47. The summed E-state index contributed by atoms with van der Waals surface area (Å²) >= 11 is 6.56. The Morgan fingerprint density at radius 3 is 2.64 bits per heavy atom. The van der Waals surface area contributed by atoms with Crippen molar-refractivity contribution in [2.75, 3.05) is 50.2 Å². The zero-order valence-electron chi connectivity index (χ0n) is 20.4. The number of rotatable bonds is 8. The Bertz CT molecular complexity index is 1430. The topological polar surface area (TPSA) is 75.2 Å². The van der Waals surface area contributed by atoms with Gasteiger partial charge in [0.2, 0.25) is 5.95 Å². The second kappa shape index (κ2) is 9.55. The van der Waals surface area contributed by atoms with Crippen LogP contribution < -0.4 is 16.0 Å². The van der Waals surface area contributed by atoms with E-state index in [1.54, 1.807) is 18.2 Å². The van der Waals surface area contributed by atoms with Crippen molar-refractivity contribution in [2.45, 2.75) is 18.9 Å². The molecule has 1 fully saturated rings. The average Bonchev–Trinajstić information content (AvgIpc) is 3.62. The minimum atomic E-state index is -0.594. The first-order valence-electron chi connectivity index (χ1n) is 11.8. The molecule has 0 radical (unpaired) electrons. The summed E-state index contributed by atoms with van der Waals surface area (Å²) in [6.45, 7) is 1.64. The van der Waals surface area contributed by atoms with E-state index in [0.717, 1.165) is 43.3 Å². The predicted molar refractivity (Wildman–Crippen MR) is 142 cm³/mol. The monoisotopic (exact) mass is 511 g/mol. The van der Waals surface area contributed by atoms with Crippen molar-refractivity contribution >= 4 is 45.5 Å². The Hall–Kier alpha value is -3.43. The number of benzene rings is 2. The summed E-state index contributed by atoms with van der Waals surface area (Å²) < 4.78 is 31.1. The molecular formula is C26H28ClF2N7. The molecule has 0 spiro atoms. The van der Waals surface area contributed by atoms with E-state index in [9.17, 15) is 8.78 Å². The zero-order valence-corrected chi connectivity index (χ0v) is 21.2. The molecule has 1 aliphatic rings. The minimum absolute atomic E-state index is 0.0895. The lowest BCUT2D eigenvalue weighted by Crippen LogP contribution is -2.29. The van der Waals surface area contributed by atoms with Crippen molar-refractivity contribution in [2.24, 2.45) is 0 Å². The van der Waals surface area contributed by atoms with Crippen LogP contribution in [0.1, 0.15) is 18.9 Å². The summed E-state index contributed by atoms with van der Waals surface area (Å²) in [5.41, 5.74) is 9.62. The maximum atomic E-state index is 15.0. The highest BCUT2D eigenvalue weighted by atomic mass is 35.5. The van der Waals surface area contributed by atoms with Gasteiger partial charge in [-0.1, -0.05) is 11.6 Å². The number of nitrogen functional groups attached to an aromatic ring is 1. The van der Waals surface area contributed by atoms with Gasteiger partial charge in [-0.2, -0.15) is 0 Å². The summed E-state index contributed by atoms with van der Waals surface area (Å²) in [5.74, 6) is -0.823. The van der Waals surface area contributed by atoms with Crippen LogP contribution in [0.4, 0.5) is 31.8 Å². The van der Waals surface area contributed by atoms with E-state index in [4.69, 9.17) is 17.3 Å². The molecule has 188 valence electrons. The predicted octanol–water partition coefficient (Wildman–Crippen LogP) is 5.69. The van der Waals surface area contributed by atoms with Crippen molar-refractivity contribution in [3.8, 4) is 11.3 Å². The summed E-state index contributed by atoms with van der Waals surface area (Å²) in [5, 5.41) is 4.10. The number of fused-ring (bicyclic) bond motifs is 1. The van der Waals surface area contributed by atoms with Crippen LogP contribution in [0.3, 0.4) is 0 Å². The minimum Gasteiger partial charge on any atom is -0.397 e. The molecule has 0 unspecified atom stereocenters. The molecule has 0 amide bonds. The van der Waals surface area contributed by atoms with Gasteiger partial charge in [-0.05, 0) is 57.3 Å². The average molecular weight is 512 g/mol. The first-order chi connectivity index (χ1) is 17.2. The lowest BCUT2D eigenvalue weighted by molar-refractivity contribution is 0.416. The van der Waals surface area contributed by atoms with Crippen molar-refractivity contribution in [1.29, 1.82) is 0 Å². The van der Waals surface area contributed by atoms with Gasteiger partial charge in [0.25, 0.3) is 0 Å². The fourth-order valence-electron chi connectivity index (χ4n) is 4.28. The van der Waals surface area contributed by atoms with Gasteiger partial charge >= 0.3 is 0 Å². The van der Waals surface area contributed by atoms with Gasteiger partial charge in [0.1, 0.15) is 11.5 Å². The van der Waals surface area contributed by atoms with Crippen LogP contribution in [-0.2, 0) is 0 Å². The molecule has 2 aromatic carbocycles. The van der Waals surface area contributed by atoms with Gasteiger partial charge < -0.3 is 25.4 Å². The Morgan fingerprint density at radius 1 is 1.14 bits per heavy atom. The zero-order chi connectivity index (χ0) is 25.6. The van der Waals surface area contributed by atoms with E-state index in [1.807, 2.05) is 32.2 Å². The molecule has 2 heterocycles. The normalized spacial score (nSPS) is 13.5. The third kappa shape index (κ3) is 4.81. The quantitative estimate of drug-likeness (QED) is 0.296. The molecule has 3 N–H and O–H groups in total. The fraction of sp³-hybridized carbons (Fsp3) is 0.308. The number of likely N-dealkylation sites (N-methyl/N-ethyl adjacent to an activating group) is 2. The van der Waals surface area contributed by atoms with Gasteiger partial charge in [0.15, 0.2) is 5.82 Å². The molecule has 0 saturated heterocycles. The summed E-state index contributed by atoms with van der Waals surface area (Å²) in [6, 6.07) is 8.40. The number of halogens is 3. The highest BCUT2D eigenvalue weighted by molar-refractivity contribution is 6.33. The molecule has 2 aromatic heterocycles. The van der Waals surface area contributed by atoms with E-state index < -0.39 is 5.82 Å². The number of aromatic nitrogens is 3. The molecule has 1 saturated carbocycles. The Kier molecular flexibility index (Phi) is 6.44. The fourth-order valence-corrected chi connectivity index (χ4v) is 4.49. The largest absolute Gasteiger partial charge is 0.397 e. The van der Waals surface area contributed by atoms with Gasteiger partial charge in [-0.15, -0.1) is 0 Å². The molecule has 10 heteroatoms. The van der Waals surface area contributed by atoms with Gasteiger partial charge in [-0.3, -0.25) is 0 Å². The maximum Gasteiger partial charge on any atom is 0.227 e. The molecule has 0 aliphatic heterocycles. The first-order valence-corrected chi connectivity index (χ1v) is 12.1. The van der Waals surface area contributed by atoms with E-state index in [0.29, 0.717) is 33.4 Å². The first kappa shape index (κ1) is 24.3. The smallest absolute Gasteiger partial charge is 0.227 e. The highest BCUT2D eigenvalue weighted by Gasteiger charge is 2.27. The van der Waals surface area contributed by atoms with Crippen LogP contribution in [0.5, 0.6) is 0 Å². The molecule has 0 bridgehead atoms. The SMILES string of the molecule is CN(C)CCN(C)c1cc(Cl)c(Nc2ncc(F)c(-c3cn(C4CC4)c4ccc(F)cc34)n2)cc1N. The molecular weight excluding hydrogens is 484 g/mol. The van der Waals surface area contributed by atoms with Crippen molar-refractivity contribution in [1.82, 2.24) is 19.4 Å². The third-order valence-electron chi connectivity index (χ3n) is 6.39. The van der Waals surface area contributed by atoms with E-state index in [-0.39, 0.29) is 17.5 Å². The summed E-state index contributed by atoms with van der Waals surface area (Å²) in [4.78, 5) is 12.7. The van der Waals surface area contributed by atoms with E-state index in [2.05, 4.69) is 24.8 Å². The number of nitrogens with two attached hydrogens (primary N) is 1. The number of anilines is 4. The van der Waals surface area contributed by atoms with Gasteiger partial charge in [0.05, 0.1) is 28.3 Å². The van der Waals surface area contributed by atoms with Crippen LogP contribution in [0.25, 0.3) is 22.2 Å². The van der Waals surface area contributed by atoms with Crippen LogP contribution in [-0.4, -0.2) is 53.7 Å². The molecule has 4 aromatic rings. The molecule has 7 nitrogen and oxygen atoms in total.